The minimum Gasteiger partial charge on any atom is -0.336 e. The van der Waals surface area contributed by atoms with Crippen LogP contribution in [-0.4, -0.2) is 21.8 Å². The second-order valence-corrected chi connectivity index (χ2v) is 9.20. The molecule has 1 unspecified atom stereocenters. The van der Waals surface area contributed by atoms with Crippen LogP contribution in [0.2, 0.25) is 5.02 Å². The predicted molar refractivity (Wildman–Crippen MR) is 118 cm³/mol. The van der Waals surface area contributed by atoms with E-state index < -0.39 is 17.0 Å². The van der Waals surface area contributed by atoms with Crippen LogP contribution in [0.25, 0.3) is 5.69 Å². The minimum atomic E-state index is -0.892. The summed E-state index contributed by atoms with van der Waals surface area (Å²) >= 11 is 6.01. The first kappa shape index (κ1) is 21.9. The van der Waals surface area contributed by atoms with Crippen LogP contribution in [0.5, 0.6) is 0 Å². The van der Waals surface area contributed by atoms with Gasteiger partial charge >= 0.3 is 0 Å². The second-order valence-electron chi connectivity index (χ2n) is 8.76. The molecule has 6 heteroatoms. The number of aromatic nitrogens is 1. The Morgan fingerprint density at radius 2 is 1.90 bits per heavy atom. The van der Waals surface area contributed by atoms with Crippen molar-refractivity contribution in [3.05, 3.63) is 62.5 Å². The molecule has 1 N–H and O–H groups in total. The average Bonchev–Trinajstić information content (AvgIpc) is 2.67. The van der Waals surface area contributed by atoms with Gasteiger partial charge in [-0.3, -0.25) is 19.0 Å². The van der Waals surface area contributed by atoms with Crippen LogP contribution in [0, 0.1) is 17.8 Å². The van der Waals surface area contributed by atoms with Gasteiger partial charge < -0.3 is 5.32 Å². The molecule has 1 aliphatic carbocycles. The Morgan fingerprint density at radius 3 is 2.47 bits per heavy atom. The third-order valence-electron chi connectivity index (χ3n) is 5.63. The fourth-order valence-electron chi connectivity index (χ4n) is 3.68. The Morgan fingerprint density at radius 1 is 1.27 bits per heavy atom. The number of benzene rings is 1. The van der Waals surface area contributed by atoms with Crippen molar-refractivity contribution in [2.45, 2.75) is 52.5 Å². The van der Waals surface area contributed by atoms with Gasteiger partial charge in [0.05, 0.1) is 5.54 Å². The number of terminal acetylenes is 1. The van der Waals surface area contributed by atoms with Gasteiger partial charge in [-0.05, 0) is 55.5 Å². The summed E-state index contributed by atoms with van der Waals surface area (Å²) < 4.78 is 1.46. The molecule has 1 heterocycles. The molecule has 1 aromatic heterocycles. The van der Waals surface area contributed by atoms with Gasteiger partial charge in [-0.25, -0.2) is 0 Å². The zero-order valence-electron chi connectivity index (χ0n) is 17.6. The van der Waals surface area contributed by atoms with Crippen molar-refractivity contribution >= 4 is 23.3 Å². The molecule has 0 saturated carbocycles. The second kappa shape index (κ2) is 7.77. The van der Waals surface area contributed by atoms with Gasteiger partial charge in [0.25, 0.3) is 11.5 Å². The van der Waals surface area contributed by atoms with Crippen LogP contribution in [0.1, 0.15) is 66.9 Å². The number of carbonyl (C=O) groups is 2. The monoisotopic (exact) mass is 424 g/mol. The highest BCUT2D eigenvalue weighted by atomic mass is 35.5. The summed E-state index contributed by atoms with van der Waals surface area (Å²) in [6.07, 6.45) is 6.94. The van der Waals surface area contributed by atoms with E-state index in [-0.39, 0.29) is 16.8 Å². The number of nitrogens with zero attached hydrogens (tertiary/aromatic N) is 1. The summed E-state index contributed by atoms with van der Waals surface area (Å²) in [4.78, 5) is 39.4. The van der Waals surface area contributed by atoms with Gasteiger partial charge in [0.2, 0.25) is 0 Å². The number of amides is 1. The molecule has 0 saturated heterocycles. The van der Waals surface area contributed by atoms with Crippen molar-refractivity contribution in [1.82, 2.24) is 9.88 Å². The topological polar surface area (TPSA) is 68.2 Å². The smallest absolute Gasteiger partial charge is 0.268 e. The Bertz CT molecular complexity index is 1120. The van der Waals surface area contributed by atoms with Crippen molar-refractivity contribution < 1.29 is 9.59 Å². The number of pyridine rings is 1. The summed E-state index contributed by atoms with van der Waals surface area (Å²) in [6.45, 7) is 7.55. The number of nitrogens with one attached hydrogen (secondary N) is 1. The molecule has 0 fully saturated rings. The molecular formula is C24H25ClN2O3. The molecular weight excluding hydrogens is 400 g/mol. The van der Waals surface area contributed by atoms with E-state index in [1.807, 2.05) is 20.8 Å². The molecule has 30 heavy (non-hydrogen) atoms. The summed E-state index contributed by atoms with van der Waals surface area (Å²) in [7, 11) is 0. The Hall–Kier alpha value is -2.84. The Labute approximate surface area is 181 Å². The molecule has 1 aromatic carbocycles. The molecule has 1 atom stereocenters. The van der Waals surface area contributed by atoms with Crippen LogP contribution in [0.15, 0.2) is 35.1 Å². The van der Waals surface area contributed by atoms with Gasteiger partial charge in [-0.1, -0.05) is 38.3 Å². The van der Waals surface area contributed by atoms with Crippen molar-refractivity contribution in [2.24, 2.45) is 5.41 Å². The van der Waals surface area contributed by atoms with E-state index in [2.05, 4.69) is 11.2 Å². The van der Waals surface area contributed by atoms with E-state index in [9.17, 15) is 14.4 Å². The van der Waals surface area contributed by atoms with Gasteiger partial charge in [-0.2, -0.15) is 0 Å². The molecule has 2 aromatic rings. The SMILES string of the molecule is C#CC(C)(CC)NC(=O)c1cc2c(n(-c3ccc(Cl)cc3)c1=O)CC(C)(C)CC2=O. The van der Waals surface area contributed by atoms with Gasteiger partial charge in [0, 0.05) is 28.4 Å². The summed E-state index contributed by atoms with van der Waals surface area (Å²) in [6, 6.07) is 8.17. The predicted octanol–water partition coefficient (Wildman–Crippen LogP) is 4.18. The number of ketones is 1. The zero-order valence-corrected chi connectivity index (χ0v) is 18.4. The number of Topliss-reactive ketones (excluding diaryl/α,β-unsaturated/α-hetero) is 1. The third kappa shape index (κ3) is 4.06. The summed E-state index contributed by atoms with van der Waals surface area (Å²) in [5.74, 6) is 1.88. The molecule has 156 valence electrons. The van der Waals surface area contributed by atoms with E-state index >= 15 is 0 Å². The van der Waals surface area contributed by atoms with E-state index in [0.717, 1.165) is 0 Å². The maximum atomic E-state index is 13.5. The van der Waals surface area contributed by atoms with Gasteiger partial charge in [-0.15, -0.1) is 6.42 Å². The maximum Gasteiger partial charge on any atom is 0.268 e. The third-order valence-corrected chi connectivity index (χ3v) is 5.89. The molecule has 0 radical (unpaired) electrons. The largest absolute Gasteiger partial charge is 0.336 e. The molecule has 0 bridgehead atoms. The molecule has 5 nitrogen and oxygen atoms in total. The highest BCUT2D eigenvalue weighted by Gasteiger charge is 2.35. The number of hydrogen-bond donors (Lipinski definition) is 1. The first-order valence-corrected chi connectivity index (χ1v) is 10.3. The van der Waals surface area contributed by atoms with Crippen LogP contribution < -0.4 is 10.9 Å². The maximum absolute atomic E-state index is 13.5. The van der Waals surface area contributed by atoms with Crippen LogP contribution in [0.3, 0.4) is 0 Å². The molecule has 3 rings (SSSR count). The quantitative estimate of drug-likeness (QED) is 0.748. The lowest BCUT2D eigenvalue weighted by Crippen LogP contribution is -2.47. The average molecular weight is 425 g/mol. The molecule has 0 aliphatic heterocycles. The van der Waals surface area contributed by atoms with Crippen LogP contribution >= 0.6 is 11.6 Å². The first-order chi connectivity index (χ1) is 14.0. The van der Waals surface area contributed by atoms with Crippen molar-refractivity contribution in [1.29, 1.82) is 0 Å². The summed E-state index contributed by atoms with van der Waals surface area (Å²) in [5.41, 5.74) is -0.226. The lowest BCUT2D eigenvalue weighted by Gasteiger charge is -2.32. The minimum absolute atomic E-state index is 0.0896. The molecule has 0 spiro atoms. The van der Waals surface area contributed by atoms with Crippen molar-refractivity contribution in [3.63, 3.8) is 0 Å². The molecule has 1 aliphatic rings. The number of carbonyl (C=O) groups excluding carboxylic acids is 2. The standard InChI is InChI=1S/C24H25ClN2O3/c1-6-24(5,7-2)26-21(29)18-12-17-19(13-23(3,4)14-20(17)28)27(22(18)30)16-10-8-15(25)9-11-16/h1,8-12H,7,13-14H2,2-5H3,(H,26,29). The number of fused-ring (bicyclic) bond motifs is 1. The molecule has 1 amide bonds. The number of rotatable bonds is 4. The number of hydrogen-bond acceptors (Lipinski definition) is 3. The fraction of sp³-hybridized carbons (Fsp3) is 0.375. The van der Waals surface area contributed by atoms with Crippen LogP contribution in [0.4, 0.5) is 0 Å². The van der Waals surface area contributed by atoms with E-state index in [4.69, 9.17) is 18.0 Å². The van der Waals surface area contributed by atoms with Gasteiger partial charge in [0.1, 0.15) is 5.56 Å². The van der Waals surface area contributed by atoms with Gasteiger partial charge in [0.15, 0.2) is 5.78 Å². The van der Waals surface area contributed by atoms with Crippen LogP contribution in [-0.2, 0) is 6.42 Å². The Kier molecular flexibility index (Phi) is 5.66. The van der Waals surface area contributed by atoms with E-state index in [1.165, 1.54) is 10.6 Å². The summed E-state index contributed by atoms with van der Waals surface area (Å²) in [5, 5.41) is 3.28. The van der Waals surface area contributed by atoms with E-state index in [0.29, 0.717) is 41.2 Å². The normalized spacial score (nSPS) is 16.9. The Balaban J connectivity index is 2.26. The van der Waals surface area contributed by atoms with E-state index in [1.54, 1.807) is 31.2 Å². The van der Waals surface area contributed by atoms with Crippen molar-refractivity contribution in [2.75, 3.05) is 0 Å². The number of halogens is 1. The van der Waals surface area contributed by atoms with Crippen molar-refractivity contribution in [3.8, 4) is 18.0 Å². The zero-order chi connectivity index (χ0) is 22.3. The lowest BCUT2D eigenvalue weighted by atomic mass is 9.75. The highest BCUT2D eigenvalue weighted by molar-refractivity contribution is 6.30. The lowest BCUT2D eigenvalue weighted by molar-refractivity contribution is 0.0908. The fourth-order valence-corrected chi connectivity index (χ4v) is 3.81. The highest BCUT2D eigenvalue weighted by Crippen LogP contribution is 2.35. The first-order valence-electron chi connectivity index (χ1n) is 9.88.